The molecule has 1 aliphatic heterocycles. The maximum Gasteiger partial charge on any atom is 0.323 e. The Bertz CT molecular complexity index is 1020. The number of rotatable bonds is 7. The van der Waals surface area contributed by atoms with Gasteiger partial charge in [-0.25, -0.2) is 18.6 Å². The van der Waals surface area contributed by atoms with Crippen molar-refractivity contribution in [1.29, 1.82) is 0 Å². The normalized spacial score (nSPS) is 17.0. The van der Waals surface area contributed by atoms with Crippen LogP contribution in [-0.4, -0.2) is 52.8 Å². The third-order valence-corrected chi connectivity index (χ3v) is 6.79. The molecule has 33 heavy (non-hydrogen) atoms. The van der Waals surface area contributed by atoms with Gasteiger partial charge in [-0.2, -0.15) is 0 Å². The molecular formula is C25H36F2N4OS. The molecule has 0 saturated carbocycles. The highest BCUT2D eigenvalue weighted by Crippen LogP contribution is 2.46. The molecule has 2 aromatic rings. The molecule has 182 valence electrons. The Hall–Kier alpha value is -2.45. The monoisotopic (exact) mass is 478 g/mol. The Balaban J connectivity index is 0.00000149. The van der Waals surface area contributed by atoms with Crippen molar-refractivity contribution < 1.29 is 16.4 Å². The van der Waals surface area contributed by atoms with Gasteiger partial charge in [-0.3, -0.25) is 5.32 Å². The van der Waals surface area contributed by atoms with Crippen LogP contribution in [-0.2, 0) is 0 Å². The molecule has 2 amide bonds. The number of thioether (sulfide) groups is 1. The van der Waals surface area contributed by atoms with Gasteiger partial charge in [0, 0.05) is 38.5 Å². The van der Waals surface area contributed by atoms with Gasteiger partial charge in [-0.05, 0) is 42.8 Å². The number of hydrogen-bond donors (Lipinski definition) is 2. The number of nitrogens with one attached hydrogen (secondary N) is 2. The Morgan fingerprint density at radius 3 is 2.61 bits per heavy atom. The quantitative estimate of drug-likeness (QED) is 0.438. The van der Waals surface area contributed by atoms with Gasteiger partial charge in [0.2, 0.25) is 0 Å². The first kappa shape index (κ1) is 25.2. The van der Waals surface area contributed by atoms with Crippen LogP contribution in [0.5, 0.6) is 0 Å². The summed E-state index contributed by atoms with van der Waals surface area (Å²) in [4.78, 5) is 19.7. The summed E-state index contributed by atoms with van der Waals surface area (Å²) in [5.41, 5.74) is 1.05. The Labute approximate surface area is 201 Å². The molecule has 0 unspecified atom stereocenters. The zero-order valence-corrected chi connectivity index (χ0v) is 20.2. The van der Waals surface area contributed by atoms with Crippen molar-refractivity contribution in [3.8, 4) is 0 Å². The van der Waals surface area contributed by atoms with Crippen molar-refractivity contribution >= 4 is 39.3 Å². The second-order valence-electron chi connectivity index (χ2n) is 8.16. The second kappa shape index (κ2) is 11.1. The fourth-order valence-electron chi connectivity index (χ4n) is 3.62. The first-order valence-electron chi connectivity index (χ1n) is 11.4. The van der Waals surface area contributed by atoms with Crippen molar-refractivity contribution in [2.45, 2.75) is 50.8 Å². The number of benzene rings is 1. The van der Waals surface area contributed by atoms with Gasteiger partial charge in [0.25, 0.3) is 6.43 Å². The molecule has 2 N–H and O–H groups in total. The van der Waals surface area contributed by atoms with Crippen LogP contribution in [0.15, 0.2) is 49.2 Å². The molecule has 0 bridgehead atoms. The number of nitrogens with zero attached hydrogens (tertiary/aromatic N) is 2. The van der Waals surface area contributed by atoms with Gasteiger partial charge in [0.1, 0.15) is 5.82 Å². The summed E-state index contributed by atoms with van der Waals surface area (Å²) in [5, 5.41) is 7.68. The molecule has 8 heteroatoms. The van der Waals surface area contributed by atoms with Gasteiger partial charge in [-0.15, -0.1) is 11.8 Å². The summed E-state index contributed by atoms with van der Waals surface area (Å²) in [5.74, 6) is 0.488. The number of alkyl halides is 2. The molecular weight excluding hydrogens is 442 g/mol. The Morgan fingerprint density at radius 1 is 1.27 bits per heavy atom. The van der Waals surface area contributed by atoms with Crippen molar-refractivity contribution in [1.82, 2.24) is 15.2 Å². The average Bonchev–Trinajstić information content (AvgIpc) is 3.55. The lowest BCUT2D eigenvalue weighted by Gasteiger charge is -2.32. The van der Waals surface area contributed by atoms with Crippen LogP contribution in [0.1, 0.15) is 42.0 Å². The van der Waals surface area contributed by atoms with E-state index in [0.29, 0.717) is 31.7 Å². The van der Waals surface area contributed by atoms with Crippen LogP contribution < -0.4 is 10.6 Å². The minimum atomic E-state index is -2.36. The predicted octanol–water partition coefficient (Wildman–Crippen LogP) is 6.64. The van der Waals surface area contributed by atoms with Gasteiger partial charge < -0.3 is 10.2 Å². The van der Waals surface area contributed by atoms with Crippen molar-refractivity contribution in [3.05, 3.63) is 54.8 Å². The van der Waals surface area contributed by atoms with E-state index in [2.05, 4.69) is 47.3 Å². The highest BCUT2D eigenvalue weighted by molar-refractivity contribution is 8.10. The minimum Gasteiger partial charge on any atom is -0.324 e. The molecule has 4 rings (SSSR count). The van der Waals surface area contributed by atoms with Gasteiger partial charge >= 0.3 is 6.03 Å². The molecule has 0 radical (unpaired) electrons. The molecule has 2 aliphatic rings. The van der Waals surface area contributed by atoms with E-state index in [4.69, 9.17) is 0 Å². The number of anilines is 1. The average molecular weight is 479 g/mol. The fourth-order valence-corrected chi connectivity index (χ4v) is 4.60. The van der Waals surface area contributed by atoms with Crippen LogP contribution >= 0.6 is 11.8 Å². The summed E-state index contributed by atoms with van der Waals surface area (Å²) in [6.07, 6.45) is 5.00. The Morgan fingerprint density at radius 2 is 1.97 bits per heavy atom. The molecule has 1 aromatic heterocycles. The van der Waals surface area contributed by atoms with Gasteiger partial charge in [-0.1, -0.05) is 44.7 Å². The zero-order chi connectivity index (χ0) is 24.0. The van der Waals surface area contributed by atoms with Gasteiger partial charge in [0.15, 0.2) is 0 Å². The number of urea groups is 1. The maximum atomic E-state index is 12.6. The number of pyridine rings is 1. The van der Waals surface area contributed by atoms with E-state index in [9.17, 15) is 13.6 Å². The summed E-state index contributed by atoms with van der Waals surface area (Å²) >= 11 is 1.72. The van der Waals surface area contributed by atoms with Crippen LogP contribution in [0.4, 0.5) is 19.4 Å². The first-order valence-corrected chi connectivity index (χ1v) is 12.2. The van der Waals surface area contributed by atoms with Crippen molar-refractivity contribution in [2.24, 2.45) is 0 Å². The smallest absolute Gasteiger partial charge is 0.323 e. The van der Waals surface area contributed by atoms with E-state index in [1.165, 1.54) is 0 Å². The SMILES string of the molecule is C=C(SC1(C)C=C1)c1ccc2cnc(NC(=O)N3CCC(NCC(F)F)CC3)cc2c1.CC.[HH].[HH]. The van der Waals surface area contributed by atoms with E-state index in [0.717, 1.165) is 21.2 Å². The number of fused-ring (bicyclic) bond motifs is 1. The van der Waals surface area contributed by atoms with Crippen LogP contribution in [0.25, 0.3) is 15.7 Å². The zero-order valence-electron chi connectivity index (χ0n) is 19.4. The van der Waals surface area contributed by atoms with Crippen molar-refractivity contribution in [2.75, 3.05) is 25.0 Å². The molecule has 1 aromatic carbocycles. The molecule has 1 saturated heterocycles. The number of piperidine rings is 1. The summed E-state index contributed by atoms with van der Waals surface area (Å²) in [6, 6.07) is 7.78. The lowest BCUT2D eigenvalue weighted by Crippen LogP contribution is -2.47. The standard InChI is InChI=1S/C23H26F2N4OS.C2H6.2H2/c1-15(31-23(2)7-8-23)16-3-4-17-13-27-21(12-18(17)11-16)28-22(30)29-9-5-19(6-10-29)26-14-20(24)25;1-2;;/h3-4,7-8,11-13,19-20,26H,1,5-6,9-10,14H2,2H3,(H,27,28,30);1-2H3;2*1H. The fraction of sp³-hybridized carbons (Fsp3) is 0.440. The van der Waals surface area contributed by atoms with E-state index in [-0.39, 0.29) is 26.2 Å². The number of carbonyl (C=O) groups is 1. The summed E-state index contributed by atoms with van der Waals surface area (Å²) < 4.78 is 24.8. The lowest BCUT2D eigenvalue weighted by molar-refractivity contribution is 0.132. The third-order valence-electron chi connectivity index (χ3n) is 5.60. The molecule has 5 nitrogen and oxygen atoms in total. The second-order valence-corrected chi connectivity index (χ2v) is 9.74. The molecule has 0 spiro atoms. The summed E-state index contributed by atoms with van der Waals surface area (Å²) in [7, 11) is 0. The number of likely N-dealkylation sites (tertiary alicyclic amines) is 1. The third kappa shape index (κ3) is 7.01. The van der Waals surface area contributed by atoms with E-state index < -0.39 is 6.43 Å². The predicted molar refractivity (Wildman–Crippen MR) is 139 cm³/mol. The molecule has 1 fully saturated rings. The topological polar surface area (TPSA) is 57.3 Å². The lowest BCUT2D eigenvalue weighted by atomic mass is 10.1. The number of halogens is 2. The van der Waals surface area contributed by atoms with E-state index in [1.54, 1.807) is 22.9 Å². The summed E-state index contributed by atoms with van der Waals surface area (Å²) in [6.45, 7) is 11.1. The van der Waals surface area contributed by atoms with E-state index >= 15 is 0 Å². The molecule has 0 atom stereocenters. The minimum absolute atomic E-state index is 0. The number of aromatic nitrogens is 1. The van der Waals surface area contributed by atoms with Crippen LogP contribution in [0.3, 0.4) is 0 Å². The highest BCUT2D eigenvalue weighted by Gasteiger charge is 2.29. The van der Waals surface area contributed by atoms with Crippen molar-refractivity contribution in [3.63, 3.8) is 0 Å². The van der Waals surface area contributed by atoms with E-state index in [1.807, 2.05) is 32.0 Å². The maximum absolute atomic E-state index is 12.6. The first-order chi connectivity index (χ1) is 15.8. The number of amides is 2. The number of carbonyl (C=O) groups excluding carboxylic acids is 1. The van der Waals surface area contributed by atoms with Crippen LogP contribution in [0, 0.1) is 0 Å². The molecule has 2 heterocycles. The molecule has 1 aliphatic carbocycles. The highest BCUT2D eigenvalue weighted by atomic mass is 32.2. The number of hydrogen-bond acceptors (Lipinski definition) is 4. The Kier molecular flexibility index (Phi) is 8.48. The largest absolute Gasteiger partial charge is 0.324 e. The van der Waals surface area contributed by atoms with Crippen LogP contribution in [0.2, 0.25) is 0 Å². The van der Waals surface area contributed by atoms with Gasteiger partial charge in [0.05, 0.1) is 11.3 Å².